The minimum Gasteiger partial charge on any atom is -0.339 e. The Balaban J connectivity index is 2.54. The van der Waals surface area contributed by atoms with Crippen LogP contribution in [-0.2, 0) is 0 Å². The first-order chi connectivity index (χ1) is 2.27. The second-order valence-electron chi connectivity index (χ2n) is 0.460. The average Bonchev–Trinajstić information content (AvgIpc) is 1.38. The van der Waals surface area contributed by atoms with Crippen LogP contribution in [0.15, 0.2) is 0 Å². The smallest absolute Gasteiger partial charge is 0.339 e. The highest BCUT2D eigenvalue weighted by Gasteiger charge is 1.96. The van der Waals surface area contributed by atoms with Gasteiger partial charge >= 0.3 is 7.56 Å². The van der Waals surface area contributed by atoms with Crippen LogP contribution in [0.5, 0.6) is 0 Å². The molecule has 0 bridgehead atoms. The van der Waals surface area contributed by atoms with Crippen LogP contribution in [0.4, 0.5) is 4.32 Å². The van der Waals surface area contributed by atoms with Crippen molar-refractivity contribution in [2.75, 3.05) is 0 Å². The summed E-state index contributed by atoms with van der Waals surface area (Å²) in [6, 6.07) is 0. The van der Waals surface area contributed by atoms with Gasteiger partial charge in [0.2, 0.25) is 0 Å². The monoisotopic (exact) mass is 113 g/mol. The molecule has 1 radical (unpaired) electrons. The van der Waals surface area contributed by atoms with Crippen molar-refractivity contribution < 1.29 is 4.32 Å². The number of alkyl halides is 2. The molecular formula is CHBCl2F. The second-order valence-corrected chi connectivity index (χ2v) is 1.62. The highest BCUT2D eigenvalue weighted by molar-refractivity contribution is 6.65. The fourth-order valence-electron chi connectivity index (χ4n) is 0. The Kier molecular flexibility index (Phi) is 3.11. The molecule has 0 heterocycles. The SMILES string of the molecule is F[B]C(Cl)Cl. The van der Waals surface area contributed by atoms with Crippen molar-refractivity contribution in [2.24, 2.45) is 0 Å². The maximum Gasteiger partial charge on any atom is 0.390 e. The van der Waals surface area contributed by atoms with E-state index in [4.69, 9.17) is 23.2 Å². The molecule has 0 atom stereocenters. The molecule has 0 unspecified atom stereocenters. The van der Waals surface area contributed by atoms with Crippen LogP contribution in [0.25, 0.3) is 0 Å². The van der Waals surface area contributed by atoms with Gasteiger partial charge in [0.25, 0.3) is 0 Å². The summed E-state index contributed by atoms with van der Waals surface area (Å²) in [6.45, 7) is 0. The molecule has 0 N–H and O–H groups in total. The third kappa shape index (κ3) is 4.57. The second kappa shape index (κ2) is 2.79. The molecule has 0 spiro atoms. The molecular weight excluding hydrogens is 113 g/mol. The fraction of sp³-hybridized carbons (Fsp3) is 1.00. The van der Waals surface area contributed by atoms with Crippen LogP contribution in [-0.4, -0.2) is 12.3 Å². The van der Waals surface area contributed by atoms with Crippen molar-refractivity contribution in [2.45, 2.75) is 4.74 Å². The molecule has 0 aliphatic carbocycles. The van der Waals surface area contributed by atoms with Crippen LogP contribution in [0.2, 0.25) is 0 Å². The van der Waals surface area contributed by atoms with Gasteiger partial charge in [-0.2, -0.15) is 0 Å². The van der Waals surface area contributed by atoms with E-state index in [-0.39, 0.29) is 7.56 Å². The maximum absolute atomic E-state index is 10.7. The van der Waals surface area contributed by atoms with E-state index in [9.17, 15) is 4.32 Å². The highest BCUT2D eigenvalue weighted by atomic mass is 35.5. The molecule has 0 aromatic rings. The molecule has 0 aliphatic heterocycles. The third-order valence-electron chi connectivity index (χ3n) is 0.0952. The Morgan fingerprint density at radius 3 is 1.80 bits per heavy atom. The largest absolute Gasteiger partial charge is 0.390 e. The zero-order valence-electron chi connectivity index (χ0n) is 2.29. The first-order valence-corrected chi connectivity index (χ1v) is 1.86. The van der Waals surface area contributed by atoms with Crippen molar-refractivity contribution in [3.63, 3.8) is 0 Å². The van der Waals surface area contributed by atoms with Gasteiger partial charge in [0.05, 0.1) is 0 Å². The molecule has 4 heteroatoms. The van der Waals surface area contributed by atoms with Crippen molar-refractivity contribution >= 4 is 30.8 Å². The van der Waals surface area contributed by atoms with Crippen molar-refractivity contribution in [3.8, 4) is 0 Å². The van der Waals surface area contributed by atoms with Crippen molar-refractivity contribution in [1.29, 1.82) is 0 Å². The summed E-state index contributed by atoms with van der Waals surface area (Å²) in [5, 5.41) is 0. The molecule has 29 valence electrons. The molecule has 0 aromatic heterocycles. The zero-order valence-corrected chi connectivity index (χ0v) is 3.80. The lowest BCUT2D eigenvalue weighted by atomic mass is 10.1. The van der Waals surface area contributed by atoms with Gasteiger partial charge in [-0.1, -0.05) is 0 Å². The standard InChI is InChI=1S/CHBCl2F/c3-1(4)2-5/h1H. The van der Waals surface area contributed by atoms with Gasteiger partial charge in [0, 0.05) is 0 Å². The van der Waals surface area contributed by atoms with Gasteiger partial charge in [-0.05, 0) is 0 Å². The normalized spacial score (nSPS) is 8.80. The predicted molar refractivity (Wildman–Crippen MR) is 22.4 cm³/mol. The van der Waals surface area contributed by atoms with E-state index in [1.807, 2.05) is 0 Å². The minimum absolute atomic E-state index is 0.198. The summed E-state index contributed by atoms with van der Waals surface area (Å²) in [7, 11) is 0.198. The molecule has 0 aliphatic rings. The molecule has 0 fully saturated rings. The van der Waals surface area contributed by atoms with Crippen molar-refractivity contribution in [1.82, 2.24) is 0 Å². The summed E-state index contributed by atoms with van der Waals surface area (Å²) < 4.78 is 9.76. The molecule has 0 rings (SSSR count). The maximum atomic E-state index is 10.7. The first kappa shape index (κ1) is 5.57. The number of hydrogen-bond donors (Lipinski definition) is 0. The van der Waals surface area contributed by atoms with E-state index < -0.39 is 4.74 Å². The van der Waals surface area contributed by atoms with E-state index in [1.165, 1.54) is 0 Å². The number of halogens is 3. The van der Waals surface area contributed by atoms with Crippen LogP contribution >= 0.6 is 23.2 Å². The molecule has 0 amide bonds. The predicted octanol–water partition coefficient (Wildman–Crippen LogP) is 1.34. The Labute approximate surface area is 40.5 Å². The third-order valence-corrected chi connectivity index (χ3v) is 0.286. The molecule has 0 saturated heterocycles. The Bertz CT molecular complexity index is 23.6. The topological polar surface area (TPSA) is 0 Å². The van der Waals surface area contributed by atoms with Gasteiger partial charge in [-0.3, -0.25) is 0 Å². The minimum atomic E-state index is -0.963. The van der Waals surface area contributed by atoms with Gasteiger partial charge in [0.15, 0.2) is 0 Å². The lowest BCUT2D eigenvalue weighted by molar-refractivity contribution is 0.870. The summed E-state index contributed by atoms with van der Waals surface area (Å²) >= 11 is 9.59. The van der Waals surface area contributed by atoms with E-state index in [1.54, 1.807) is 0 Å². The van der Waals surface area contributed by atoms with E-state index in [2.05, 4.69) is 0 Å². The van der Waals surface area contributed by atoms with Crippen LogP contribution in [0.1, 0.15) is 0 Å². The quantitative estimate of drug-likeness (QED) is 0.356. The summed E-state index contributed by atoms with van der Waals surface area (Å²) in [5.41, 5.74) is 0. The average molecular weight is 114 g/mol. The summed E-state index contributed by atoms with van der Waals surface area (Å²) in [4.78, 5) is 0. The molecule has 5 heavy (non-hydrogen) atoms. The van der Waals surface area contributed by atoms with Gasteiger partial charge < -0.3 is 4.32 Å². The molecule has 0 nitrogen and oxygen atoms in total. The van der Waals surface area contributed by atoms with E-state index in [0.717, 1.165) is 0 Å². The zero-order chi connectivity index (χ0) is 4.28. The summed E-state index contributed by atoms with van der Waals surface area (Å²) in [5.74, 6) is 0. The van der Waals surface area contributed by atoms with Crippen LogP contribution in [0.3, 0.4) is 0 Å². The first-order valence-electron chi connectivity index (χ1n) is 0.988. The van der Waals surface area contributed by atoms with Gasteiger partial charge in [-0.15, -0.1) is 23.2 Å². The fourth-order valence-corrected chi connectivity index (χ4v) is 0. The highest BCUT2D eigenvalue weighted by Crippen LogP contribution is 1.96. The van der Waals surface area contributed by atoms with Gasteiger partial charge in [0.1, 0.15) is 4.74 Å². The summed E-state index contributed by atoms with van der Waals surface area (Å²) in [6.07, 6.45) is 0. The van der Waals surface area contributed by atoms with Crippen molar-refractivity contribution in [3.05, 3.63) is 0 Å². The molecule has 0 aromatic carbocycles. The van der Waals surface area contributed by atoms with E-state index >= 15 is 0 Å². The van der Waals surface area contributed by atoms with E-state index in [0.29, 0.717) is 0 Å². The van der Waals surface area contributed by atoms with Crippen LogP contribution < -0.4 is 0 Å². The Morgan fingerprint density at radius 1 is 1.60 bits per heavy atom. The Morgan fingerprint density at radius 2 is 1.80 bits per heavy atom. The van der Waals surface area contributed by atoms with Crippen LogP contribution in [0, 0.1) is 0 Å². The number of hydrogen-bond acceptors (Lipinski definition) is 0. The lowest BCUT2D eigenvalue weighted by Gasteiger charge is -1.77. The lowest BCUT2D eigenvalue weighted by Crippen LogP contribution is -1.90. The number of rotatable bonds is 1. The van der Waals surface area contributed by atoms with Gasteiger partial charge in [-0.25, -0.2) is 0 Å². The Hall–Kier alpha value is 0.575. The molecule has 0 saturated carbocycles.